The molecule has 76 valence electrons. The summed E-state index contributed by atoms with van der Waals surface area (Å²) in [6.07, 6.45) is 6.52. The van der Waals surface area contributed by atoms with Gasteiger partial charge >= 0.3 is 0 Å². The molecule has 2 rings (SSSR count). The SMILES string of the molecule is CCN1CCC[C@@H]1c1ccncc1C. The minimum absolute atomic E-state index is 0.642. The van der Waals surface area contributed by atoms with E-state index >= 15 is 0 Å². The van der Waals surface area contributed by atoms with Crippen molar-refractivity contribution in [1.82, 2.24) is 9.88 Å². The zero-order valence-corrected chi connectivity index (χ0v) is 9.03. The van der Waals surface area contributed by atoms with Gasteiger partial charge in [0, 0.05) is 18.4 Å². The van der Waals surface area contributed by atoms with Crippen molar-refractivity contribution in [3.8, 4) is 0 Å². The maximum absolute atomic E-state index is 4.15. The second kappa shape index (κ2) is 4.09. The van der Waals surface area contributed by atoms with Crippen molar-refractivity contribution < 1.29 is 0 Å². The molecule has 0 unspecified atom stereocenters. The molecule has 1 aromatic rings. The lowest BCUT2D eigenvalue weighted by Gasteiger charge is -2.24. The molecule has 0 bridgehead atoms. The smallest absolute Gasteiger partial charge is 0.0352 e. The van der Waals surface area contributed by atoms with E-state index in [1.54, 1.807) is 0 Å². The molecular formula is C12H18N2. The number of pyridine rings is 1. The predicted octanol–water partition coefficient (Wildman–Crippen LogP) is 2.55. The van der Waals surface area contributed by atoms with Crippen molar-refractivity contribution in [3.63, 3.8) is 0 Å². The van der Waals surface area contributed by atoms with Gasteiger partial charge in [-0.15, -0.1) is 0 Å². The van der Waals surface area contributed by atoms with Crippen molar-refractivity contribution in [1.29, 1.82) is 0 Å². The highest BCUT2D eigenvalue weighted by molar-refractivity contribution is 5.26. The predicted molar refractivity (Wildman–Crippen MR) is 58.2 cm³/mol. The maximum Gasteiger partial charge on any atom is 0.0352 e. The van der Waals surface area contributed by atoms with Crippen LogP contribution in [0.15, 0.2) is 18.5 Å². The van der Waals surface area contributed by atoms with E-state index in [-0.39, 0.29) is 0 Å². The average Bonchev–Trinajstić information content (AvgIpc) is 2.66. The van der Waals surface area contributed by atoms with E-state index in [1.165, 1.54) is 30.5 Å². The number of aromatic nitrogens is 1. The van der Waals surface area contributed by atoms with E-state index in [2.05, 4.69) is 29.8 Å². The Bertz CT molecular complexity index is 309. The molecule has 1 aromatic heterocycles. The topological polar surface area (TPSA) is 16.1 Å². The van der Waals surface area contributed by atoms with Crippen LogP contribution in [0.5, 0.6) is 0 Å². The normalized spacial score (nSPS) is 22.9. The number of hydrogen-bond donors (Lipinski definition) is 0. The first-order valence-electron chi connectivity index (χ1n) is 5.47. The highest BCUT2D eigenvalue weighted by atomic mass is 15.2. The summed E-state index contributed by atoms with van der Waals surface area (Å²) in [5, 5.41) is 0. The minimum atomic E-state index is 0.642. The summed E-state index contributed by atoms with van der Waals surface area (Å²) >= 11 is 0. The second-order valence-electron chi connectivity index (χ2n) is 4.02. The summed E-state index contributed by atoms with van der Waals surface area (Å²) in [7, 11) is 0. The third-order valence-electron chi connectivity index (χ3n) is 3.19. The van der Waals surface area contributed by atoms with E-state index in [9.17, 15) is 0 Å². The van der Waals surface area contributed by atoms with Gasteiger partial charge in [0.25, 0.3) is 0 Å². The van der Waals surface area contributed by atoms with Crippen molar-refractivity contribution in [2.24, 2.45) is 0 Å². The van der Waals surface area contributed by atoms with Crippen LogP contribution in [0.1, 0.15) is 36.9 Å². The zero-order valence-electron chi connectivity index (χ0n) is 9.03. The molecule has 2 heteroatoms. The fraction of sp³-hybridized carbons (Fsp3) is 0.583. The molecule has 1 aliphatic heterocycles. The van der Waals surface area contributed by atoms with Gasteiger partial charge in [-0.25, -0.2) is 0 Å². The average molecular weight is 190 g/mol. The van der Waals surface area contributed by atoms with Gasteiger partial charge in [0.2, 0.25) is 0 Å². The van der Waals surface area contributed by atoms with Crippen LogP contribution in [0, 0.1) is 6.92 Å². The molecule has 0 aromatic carbocycles. The summed E-state index contributed by atoms with van der Waals surface area (Å²) < 4.78 is 0. The van der Waals surface area contributed by atoms with Crippen molar-refractivity contribution in [2.75, 3.05) is 13.1 Å². The second-order valence-corrected chi connectivity index (χ2v) is 4.02. The van der Waals surface area contributed by atoms with Crippen LogP contribution < -0.4 is 0 Å². The molecule has 2 nitrogen and oxygen atoms in total. The molecule has 0 saturated carbocycles. The summed E-state index contributed by atoms with van der Waals surface area (Å²) in [6, 6.07) is 2.82. The lowest BCUT2D eigenvalue weighted by Crippen LogP contribution is -2.23. The highest BCUT2D eigenvalue weighted by Crippen LogP contribution is 2.32. The molecule has 14 heavy (non-hydrogen) atoms. The molecule has 0 N–H and O–H groups in total. The van der Waals surface area contributed by atoms with E-state index in [1.807, 2.05) is 12.4 Å². The van der Waals surface area contributed by atoms with Crippen LogP contribution in [0.25, 0.3) is 0 Å². The number of nitrogens with zero attached hydrogens (tertiary/aromatic N) is 2. The van der Waals surface area contributed by atoms with Gasteiger partial charge in [-0.3, -0.25) is 9.88 Å². The molecule has 1 atom stereocenters. The van der Waals surface area contributed by atoms with Crippen molar-refractivity contribution in [2.45, 2.75) is 32.7 Å². The third-order valence-corrected chi connectivity index (χ3v) is 3.19. The Morgan fingerprint density at radius 3 is 3.14 bits per heavy atom. The van der Waals surface area contributed by atoms with Crippen LogP contribution >= 0.6 is 0 Å². The molecule has 1 aliphatic rings. The standard InChI is InChI=1S/C12H18N2/c1-3-14-8-4-5-12(14)11-6-7-13-9-10(11)2/h6-7,9,12H,3-5,8H2,1-2H3/t12-/m1/s1. The van der Waals surface area contributed by atoms with Crippen LogP contribution in [-0.2, 0) is 0 Å². The number of aryl methyl sites for hydroxylation is 1. The van der Waals surface area contributed by atoms with Crippen molar-refractivity contribution >= 4 is 0 Å². The summed E-state index contributed by atoms with van der Waals surface area (Å²) in [4.78, 5) is 6.71. The highest BCUT2D eigenvalue weighted by Gasteiger charge is 2.25. The zero-order chi connectivity index (χ0) is 9.97. The Kier molecular flexibility index (Phi) is 2.82. The van der Waals surface area contributed by atoms with Gasteiger partial charge in [0.15, 0.2) is 0 Å². The van der Waals surface area contributed by atoms with Crippen molar-refractivity contribution in [3.05, 3.63) is 29.6 Å². The van der Waals surface area contributed by atoms with Gasteiger partial charge in [-0.2, -0.15) is 0 Å². The van der Waals surface area contributed by atoms with Gasteiger partial charge < -0.3 is 0 Å². The van der Waals surface area contributed by atoms with Gasteiger partial charge in [0.05, 0.1) is 0 Å². The van der Waals surface area contributed by atoms with Gasteiger partial charge in [-0.05, 0) is 50.0 Å². The first-order valence-corrected chi connectivity index (χ1v) is 5.47. The molecule has 0 radical (unpaired) electrons. The third kappa shape index (κ3) is 1.67. The lowest BCUT2D eigenvalue weighted by atomic mass is 10.0. The van der Waals surface area contributed by atoms with Gasteiger partial charge in [0.1, 0.15) is 0 Å². The Labute approximate surface area is 86.0 Å². The molecule has 1 saturated heterocycles. The molecule has 0 spiro atoms. The molecule has 1 fully saturated rings. The molecule has 0 aliphatic carbocycles. The number of hydrogen-bond acceptors (Lipinski definition) is 2. The lowest BCUT2D eigenvalue weighted by molar-refractivity contribution is 0.270. The monoisotopic (exact) mass is 190 g/mol. The van der Waals surface area contributed by atoms with Crippen LogP contribution in [-0.4, -0.2) is 23.0 Å². The maximum atomic E-state index is 4.15. The molecule has 2 heterocycles. The minimum Gasteiger partial charge on any atom is -0.297 e. The van der Waals surface area contributed by atoms with E-state index in [0.29, 0.717) is 6.04 Å². The number of rotatable bonds is 2. The summed E-state index contributed by atoms with van der Waals surface area (Å²) in [6.45, 7) is 6.82. The summed E-state index contributed by atoms with van der Waals surface area (Å²) in [5.41, 5.74) is 2.80. The van der Waals surface area contributed by atoms with E-state index < -0.39 is 0 Å². The largest absolute Gasteiger partial charge is 0.297 e. The Hall–Kier alpha value is -0.890. The fourth-order valence-electron chi connectivity index (χ4n) is 2.41. The fourth-order valence-corrected chi connectivity index (χ4v) is 2.41. The van der Waals surface area contributed by atoms with E-state index in [4.69, 9.17) is 0 Å². The molecule has 0 amide bonds. The molecular weight excluding hydrogens is 172 g/mol. The first-order chi connectivity index (χ1) is 6.83. The Morgan fingerprint density at radius 1 is 1.57 bits per heavy atom. The Morgan fingerprint density at radius 2 is 2.43 bits per heavy atom. The first kappa shape index (κ1) is 9.66. The van der Waals surface area contributed by atoms with E-state index in [0.717, 1.165) is 6.54 Å². The number of likely N-dealkylation sites (tertiary alicyclic amines) is 1. The van der Waals surface area contributed by atoms with Crippen LogP contribution in [0.3, 0.4) is 0 Å². The van der Waals surface area contributed by atoms with Crippen LogP contribution in [0.2, 0.25) is 0 Å². The summed E-state index contributed by atoms with van der Waals surface area (Å²) in [5.74, 6) is 0. The van der Waals surface area contributed by atoms with Crippen LogP contribution in [0.4, 0.5) is 0 Å². The van der Waals surface area contributed by atoms with Gasteiger partial charge in [-0.1, -0.05) is 6.92 Å². The Balaban J connectivity index is 2.26. The quantitative estimate of drug-likeness (QED) is 0.712.